The fourth-order valence-electron chi connectivity index (χ4n) is 1.31. The van der Waals surface area contributed by atoms with Gasteiger partial charge in [-0.05, 0) is 6.42 Å². The van der Waals surface area contributed by atoms with Gasteiger partial charge in [-0.1, -0.05) is 13.3 Å². The second-order valence-corrected chi connectivity index (χ2v) is 3.06. The van der Waals surface area contributed by atoms with Crippen molar-refractivity contribution in [1.29, 1.82) is 0 Å². The summed E-state index contributed by atoms with van der Waals surface area (Å²) in [5.41, 5.74) is -1.48. The fourth-order valence-corrected chi connectivity index (χ4v) is 1.31. The van der Waals surface area contributed by atoms with E-state index in [1.54, 1.807) is 6.92 Å². The molecule has 5 heteroatoms. The van der Waals surface area contributed by atoms with Gasteiger partial charge < -0.3 is 5.11 Å². The lowest BCUT2D eigenvalue weighted by molar-refractivity contribution is 0.0686. The van der Waals surface area contributed by atoms with Gasteiger partial charge in [0.1, 0.15) is 23.0 Å². The molecule has 0 heterocycles. The molecule has 0 fully saturated rings. The largest absolute Gasteiger partial charge is 0.477 e. The summed E-state index contributed by atoms with van der Waals surface area (Å²) >= 11 is 0. The molecule has 0 aliphatic heterocycles. The summed E-state index contributed by atoms with van der Waals surface area (Å²) in [7, 11) is 0. The maximum Gasteiger partial charge on any atom is 0.341 e. The number of benzene rings is 1. The van der Waals surface area contributed by atoms with Gasteiger partial charge in [0, 0.05) is 11.6 Å². The SMILES string of the molecule is CCCc1c(F)cc(F)c(C(=O)O)c1F. The minimum atomic E-state index is -1.73. The quantitative estimate of drug-likeness (QED) is 0.846. The van der Waals surface area contributed by atoms with E-state index in [4.69, 9.17) is 5.11 Å². The van der Waals surface area contributed by atoms with Crippen molar-refractivity contribution in [3.63, 3.8) is 0 Å². The number of carboxylic acids is 1. The van der Waals surface area contributed by atoms with E-state index in [1.807, 2.05) is 0 Å². The van der Waals surface area contributed by atoms with E-state index in [1.165, 1.54) is 0 Å². The van der Waals surface area contributed by atoms with Crippen molar-refractivity contribution in [3.05, 3.63) is 34.6 Å². The summed E-state index contributed by atoms with van der Waals surface area (Å²) in [6.45, 7) is 1.68. The lowest BCUT2D eigenvalue weighted by Crippen LogP contribution is -2.09. The smallest absolute Gasteiger partial charge is 0.341 e. The van der Waals surface area contributed by atoms with Crippen LogP contribution < -0.4 is 0 Å². The molecule has 0 aromatic heterocycles. The van der Waals surface area contributed by atoms with E-state index >= 15 is 0 Å². The molecule has 1 aromatic carbocycles. The average Bonchev–Trinajstić information content (AvgIpc) is 2.11. The summed E-state index contributed by atoms with van der Waals surface area (Å²) in [4.78, 5) is 10.5. The molecule has 0 amide bonds. The van der Waals surface area contributed by atoms with Gasteiger partial charge in [-0.25, -0.2) is 18.0 Å². The van der Waals surface area contributed by atoms with E-state index in [0.29, 0.717) is 12.5 Å². The van der Waals surface area contributed by atoms with Gasteiger partial charge in [-0.15, -0.1) is 0 Å². The highest BCUT2D eigenvalue weighted by molar-refractivity contribution is 5.88. The second-order valence-electron chi connectivity index (χ2n) is 3.06. The van der Waals surface area contributed by atoms with Crippen molar-refractivity contribution < 1.29 is 23.1 Å². The highest BCUT2D eigenvalue weighted by atomic mass is 19.1. The topological polar surface area (TPSA) is 37.3 Å². The Bertz CT molecular complexity index is 402. The number of hydrogen-bond acceptors (Lipinski definition) is 1. The van der Waals surface area contributed by atoms with E-state index in [9.17, 15) is 18.0 Å². The van der Waals surface area contributed by atoms with E-state index in [-0.39, 0.29) is 12.0 Å². The summed E-state index contributed by atoms with van der Waals surface area (Å²) < 4.78 is 39.4. The molecule has 0 saturated heterocycles. The average molecular weight is 218 g/mol. The van der Waals surface area contributed by atoms with Gasteiger partial charge in [-0.2, -0.15) is 0 Å². The van der Waals surface area contributed by atoms with E-state index in [0.717, 1.165) is 0 Å². The molecule has 1 rings (SSSR count). The van der Waals surface area contributed by atoms with Gasteiger partial charge in [-0.3, -0.25) is 0 Å². The van der Waals surface area contributed by atoms with Crippen LogP contribution in [0, 0.1) is 17.5 Å². The molecule has 0 spiro atoms. The van der Waals surface area contributed by atoms with Gasteiger partial charge in [0.25, 0.3) is 0 Å². The van der Waals surface area contributed by atoms with Crippen LogP contribution in [-0.2, 0) is 6.42 Å². The molecule has 0 atom stereocenters. The number of carboxylic acid groups (broad SMARTS) is 1. The van der Waals surface area contributed by atoms with Crippen molar-refractivity contribution in [2.24, 2.45) is 0 Å². The van der Waals surface area contributed by atoms with E-state index in [2.05, 4.69) is 0 Å². The van der Waals surface area contributed by atoms with Crippen LogP contribution in [0.25, 0.3) is 0 Å². The van der Waals surface area contributed by atoms with Crippen LogP contribution in [0.5, 0.6) is 0 Å². The lowest BCUT2D eigenvalue weighted by atomic mass is 10.0. The summed E-state index contributed by atoms with van der Waals surface area (Å²) in [5.74, 6) is -5.49. The Kier molecular flexibility index (Phi) is 3.34. The van der Waals surface area contributed by atoms with Crippen molar-refractivity contribution in [3.8, 4) is 0 Å². The van der Waals surface area contributed by atoms with Crippen molar-refractivity contribution in [2.45, 2.75) is 19.8 Å². The van der Waals surface area contributed by atoms with Crippen LogP contribution in [0.4, 0.5) is 13.2 Å². The minimum absolute atomic E-state index is 0.0399. The van der Waals surface area contributed by atoms with Crippen LogP contribution >= 0.6 is 0 Å². The third-order valence-corrected chi connectivity index (χ3v) is 1.98. The number of hydrogen-bond donors (Lipinski definition) is 1. The molecule has 0 bridgehead atoms. The Labute approximate surface area is 84.3 Å². The number of halogens is 3. The first kappa shape index (κ1) is 11.6. The van der Waals surface area contributed by atoms with Crippen LogP contribution in [0.1, 0.15) is 29.3 Å². The summed E-state index contributed by atoms with van der Waals surface area (Å²) in [5, 5.41) is 8.53. The Hall–Kier alpha value is -1.52. The molecule has 82 valence electrons. The van der Waals surface area contributed by atoms with Gasteiger partial charge in [0.15, 0.2) is 0 Å². The van der Waals surface area contributed by atoms with Gasteiger partial charge in [0.05, 0.1) is 0 Å². The molecular weight excluding hydrogens is 209 g/mol. The Morgan fingerprint density at radius 1 is 1.33 bits per heavy atom. The zero-order chi connectivity index (χ0) is 11.6. The van der Waals surface area contributed by atoms with Crippen molar-refractivity contribution in [2.75, 3.05) is 0 Å². The van der Waals surface area contributed by atoms with Gasteiger partial charge in [0.2, 0.25) is 0 Å². The van der Waals surface area contributed by atoms with Crippen LogP contribution in [0.2, 0.25) is 0 Å². The monoisotopic (exact) mass is 218 g/mol. The zero-order valence-corrected chi connectivity index (χ0v) is 7.98. The fraction of sp³-hybridized carbons (Fsp3) is 0.300. The number of rotatable bonds is 3. The third-order valence-electron chi connectivity index (χ3n) is 1.98. The predicted molar refractivity (Wildman–Crippen MR) is 47.3 cm³/mol. The first-order valence-electron chi connectivity index (χ1n) is 4.38. The minimum Gasteiger partial charge on any atom is -0.477 e. The Morgan fingerprint density at radius 3 is 2.40 bits per heavy atom. The van der Waals surface area contributed by atoms with Crippen LogP contribution in [0.3, 0.4) is 0 Å². The molecule has 0 unspecified atom stereocenters. The lowest BCUT2D eigenvalue weighted by Gasteiger charge is -2.07. The molecule has 0 radical (unpaired) electrons. The highest BCUT2D eigenvalue weighted by Crippen LogP contribution is 2.21. The highest BCUT2D eigenvalue weighted by Gasteiger charge is 2.22. The van der Waals surface area contributed by atoms with Crippen molar-refractivity contribution >= 4 is 5.97 Å². The molecule has 15 heavy (non-hydrogen) atoms. The Balaban J connectivity index is 3.42. The molecule has 0 aliphatic rings. The number of carbonyl (C=O) groups is 1. The maximum atomic E-state index is 13.4. The van der Waals surface area contributed by atoms with Crippen molar-refractivity contribution in [1.82, 2.24) is 0 Å². The first-order valence-corrected chi connectivity index (χ1v) is 4.38. The van der Waals surface area contributed by atoms with Crippen LogP contribution in [-0.4, -0.2) is 11.1 Å². The second kappa shape index (κ2) is 4.33. The molecular formula is C10H9F3O2. The molecule has 2 nitrogen and oxygen atoms in total. The zero-order valence-electron chi connectivity index (χ0n) is 7.98. The molecule has 0 saturated carbocycles. The summed E-state index contributed by atoms with van der Waals surface area (Å²) in [6.07, 6.45) is 0.483. The Morgan fingerprint density at radius 2 is 1.93 bits per heavy atom. The maximum absolute atomic E-state index is 13.4. The molecule has 1 aromatic rings. The van der Waals surface area contributed by atoms with Gasteiger partial charge >= 0.3 is 5.97 Å². The van der Waals surface area contributed by atoms with Crippen LogP contribution in [0.15, 0.2) is 6.07 Å². The molecule has 0 aliphatic carbocycles. The normalized spacial score (nSPS) is 10.4. The predicted octanol–water partition coefficient (Wildman–Crippen LogP) is 2.75. The standard InChI is InChI=1S/C10H9F3O2/c1-2-3-5-6(11)4-7(12)8(9(5)13)10(14)15/h4H,2-3H2,1H3,(H,14,15). The van der Waals surface area contributed by atoms with E-state index < -0.39 is 29.0 Å². The third kappa shape index (κ3) is 2.11. The number of aromatic carboxylic acids is 1. The summed E-state index contributed by atoms with van der Waals surface area (Å²) in [6, 6.07) is 0.400. The first-order chi connectivity index (χ1) is 6.99. The molecule has 1 N–H and O–H groups in total.